The number of hydrogen-bond donors (Lipinski definition) is 0. The van der Waals surface area contributed by atoms with Gasteiger partial charge in [0, 0.05) is 22.3 Å². The van der Waals surface area contributed by atoms with Crippen molar-refractivity contribution in [2.75, 3.05) is 11.5 Å². The van der Waals surface area contributed by atoms with E-state index in [4.69, 9.17) is 0 Å². The molecule has 0 aromatic heterocycles. The van der Waals surface area contributed by atoms with Crippen molar-refractivity contribution in [1.29, 1.82) is 0 Å². The molecule has 0 N–H and O–H groups in total. The van der Waals surface area contributed by atoms with E-state index in [2.05, 4.69) is 6.92 Å². The summed E-state index contributed by atoms with van der Waals surface area (Å²) in [5.41, 5.74) is 1.19. The van der Waals surface area contributed by atoms with Crippen molar-refractivity contribution in [2.24, 2.45) is 0 Å². The largest absolute Gasteiger partial charge is 0.293 e. The summed E-state index contributed by atoms with van der Waals surface area (Å²) in [4.78, 5) is 12.5. The topological polar surface area (TPSA) is 17.1 Å². The molecule has 1 aromatic rings. The molecule has 0 saturated carbocycles. The van der Waals surface area contributed by atoms with Gasteiger partial charge in [-0.3, -0.25) is 4.79 Å². The number of carbonyl (C=O) groups is 1. The number of Topliss-reactive ketones (excluding diaryl/α,β-unsaturated/α-hetero) is 1. The monoisotopic (exact) mass is 284 g/mol. The molecule has 0 bridgehead atoms. The predicted molar refractivity (Wildman–Crippen MR) is 78.3 cm³/mol. The van der Waals surface area contributed by atoms with Gasteiger partial charge in [0.1, 0.15) is 5.82 Å². The average Bonchev–Trinajstić information content (AvgIpc) is 2.41. The molecular weight excluding hydrogens is 267 g/mol. The van der Waals surface area contributed by atoms with E-state index in [1.54, 1.807) is 30.8 Å². The zero-order chi connectivity index (χ0) is 13.1. The van der Waals surface area contributed by atoms with Gasteiger partial charge in [-0.25, -0.2) is 4.39 Å². The van der Waals surface area contributed by atoms with Crippen molar-refractivity contribution in [3.8, 4) is 0 Å². The maximum absolute atomic E-state index is 13.2. The van der Waals surface area contributed by atoms with E-state index >= 15 is 0 Å². The number of hydrogen-bond acceptors (Lipinski definition) is 3. The normalized spacial score (nSPS) is 23.9. The van der Waals surface area contributed by atoms with Crippen molar-refractivity contribution >= 4 is 29.3 Å². The van der Waals surface area contributed by atoms with E-state index < -0.39 is 0 Å². The Balaban J connectivity index is 2.21. The summed E-state index contributed by atoms with van der Waals surface area (Å²) in [6.07, 6.45) is 1.01. The molecule has 0 radical (unpaired) electrons. The summed E-state index contributed by atoms with van der Waals surface area (Å²) >= 11 is 3.63. The molecule has 0 spiro atoms. The number of carbonyl (C=O) groups excluding carboxylic acids is 1. The molecule has 2 unspecified atom stereocenters. The van der Waals surface area contributed by atoms with E-state index in [1.165, 1.54) is 6.07 Å². The van der Waals surface area contributed by atoms with Crippen molar-refractivity contribution < 1.29 is 9.18 Å². The van der Waals surface area contributed by atoms with Gasteiger partial charge in [-0.05, 0) is 37.1 Å². The highest BCUT2D eigenvalue weighted by Crippen LogP contribution is 2.35. The van der Waals surface area contributed by atoms with Crippen LogP contribution in [0.1, 0.15) is 29.3 Å². The molecular formula is C14H17FOS2. The molecule has 0 aliphatic carbocycles. The van der Waals surface area contributed by atoms with Crippen LogP contribution in [0.25, 0.3) is 0 Å². The van der Waals surface area contributed by atoms with Crippen molar-refractivity contribution in [1.82, 2.24) is 0 Å². The lowest BCUT2D eigenvalue weighted by molar-refractivity contribution is 0.0988. The molecule has 1 aromatic carbocycles. The molecule has 1 aliphatic heterocycles. The van der Waals surface area contributed by atoms with Crippen LogP contribution in [0.2, 0.25) is 0 Å². The van der Waals surface area contributed by atoms with Gasteiger partial charge in [0.25, 0.3) is 0 Å². The Bertz CT molecular complexity index is 447. The quantitative estimate of drug-likeness (QED) is 0.783. The van der Waals surface area contributed by atoms with Crippen LogP contribution in [0.4, 0.5) is 4.39 Å². The van der Waals surface area contributed by atoms with Crippen molar-refractivity contribution in [3.05, 3.63) is 35.1 Å². The molecule has 1 heterocycles. The van der Waals surface area contributed by atoms with Crippen LogP contribution >= 0.6 is 23.5 Å². The Morgan fingerprint density at radius 2 is 2.11 bits per heavy atom. The van der Waals surface area contributed by atoms with Crippen LogP contribution in [0, 0.1) is 12.7 Å². The van der Waals surface area contributed by atoms with E-state index in [0.29, 0.717) is 16.4 Å². The number of thioether (sulfide) groups is 2. The second-order valence-electron chi connectivity index (χ2n) is 4.44. The minimum absolute atomic E-state index is 0.0265. The fourth-order valence-electron chi connectivity index (χ4n) is 2.11. The molecule has 98 valence electrons. The summed E-state index contributed by atoms with van der Waals surface area (Å²) in [6, 6.07) is 4.67. The van der Waals surface area contributed by atoms with Crippen LogP contribution in [0.15, 0.2) is 18.2 Å². The van der Waals surface area contributed by atoms with Gasteiger partial charge in [0.2, 0.25) is 0 Å². The fraction of sp³-hybridized carbons (Fsp3) is 0.500. The second-order valence-corrected chi connectivity index (χ2v) is 7.03. The molecule has 1 fully saturated rings. The Hall–Kier alpha value is -0.480. The van der Waals surface area contributed by atoms with E-state index in [9.17, 15) is 9.18 Å². The van der Waals surface area contributed by atoms with Crippen LogP contribution < -0.4 is 0 Å². The highest BCUT2D eigenvalue weighted by Gasteiger charge is 2.31. The summed E-state index contributed by atoms with van der Waals surface area (Å²) in [6.45, 7) is 3.83. The first kappa shape index (κ1) is 13.9. The predicted octanol–water partition coefficient (Wildman–Crippen LogP) is 3.94. The first-order valence-corrected chi connectivity index (χ1v) is 8.26. The zero-order valence-corrected chi connectivity index (χ0v) is 12.2. The molecule has 1 nitrogen and oxygen atoms in total. The third-order valence-corrected chi connectivity index (χ3v) is 6.40. The van der Waals surface area contributed by atoms with E-state index in [-0.39, 0.29) is 16.9 Å². The van der Waals surface area contributed by atoms with Gasteiger partial charge in [0.05, 0.1) is 5.25 Å². The minimum Gasteiger partial charge on any atom is -0.293 e. The van der Waals surface area contributed by atoms with Crippen LogP contribution in [-0.4, -0.2) is 27.8 Å². The van der Waals surface area contributed by atoms with Crippen molar-refractivity contribution in [2.45, 2.75) is 30.8 Å². The summed E-state index contributed by atoms with van der Waals surface area (Å²) in [7, 11) is 0. The number of aryl methyl sites for hydroxylation is 1. The second kappa shape index (κ2) is 6.11. The van der Waals surface area contributed by atoms with Crippen LogP contribution in [-0.2, 0) is 0 Å². The SMILES string of the molecule is CCC1SCCSC1C(=O)c1ccc(F)c(C)c1. The number of ketones is 1. The number of halogens is 1. The molecule has 2 rings (SSSR count). The smallest absolute Gasteiger partial charge is 0.176 e. The Morgan fingerprint density at radius 3 is 2.78 bits per heavy atom. The van der Waals surface area contributed by atoms with E-state index in [0.717, 1.165) is 17.9 Å². The Labute approximate surface area is 116 Å². The minimum atomic E-state index is -0.246. The van der Waals surface area contributed by atoms with Crippen molar-refractivity contribution in [3.63, 3.8) is 0 Å². The summed E-state index contributed by atoms with van der Waals surface area (Å²) in [5.74, 6) is 2.05. The summed E-state index contributed by atoms with van der Waals surface area (Å²) in [5, 5.41) is 0.417. The lowest BCUT2D eigenvalue weighted by atomic mass is 10.0. The van der Waals surface area contributed by atoms with Gasteiger partial charge in [-0.1, -0.05) is 6.92 Å². The standard InChI is InChI=1S/C14H17FOS2/c1-3-12-14(18-7-6-17-12)13(16)10-4-5-11(15)9(2)8-10/h4-5,8,12,14H,3,6-7H2,1-2H3. The molecule has 2 atom stereocenters. The van der Waals surface area contributed by atoms with E-state index in [1.807, 2.05) is 11.8 Å². The van der Waals surface area contributed by atoms with Gasteiger partial charge in [-0.15, -0.1) is 11.8 Å². The maximum atomic E-state index is 13.2. The first-order chi connectivity index (χ1) is 8.63. The zero-order valence-electron chi connectivity index (χ0n) is 10.6. The molecule has 1 saturated heterocycles. The Morgan fingerprint density at radius 1 is 1.39 bits per heavy atom. The van der Waals surface area contributed by atoms with Gasteiger partial charge in [0.15, 0.2) is 5.78 Å². The lowest BCUT2D eigenvalue weighted by Crippen LogP contribution is -2.32. The average molecular weight is 284 g/mol. The van der Waals surface area contributed by atoms with Gasteiger partial charge < -0.3 is 0 Å². The molecule has 1 aliphatic rings. The number of rotatable bonds is 3. The molecule has 18 heavy (non-hydrogen) atoms. The van der Waals surface area contributed by atoms with Gasteiger partial charge >= 0.3 is 0 Å². The Kier molecular flexibility index (Phi) is 4.73. The summed E-state index contributed by atoms with van der Waals surface area (Å²) < 4.78 is 13.2. The first-order valence-electron chi connectivity index (χ1n) is 6.17. The lowest BCUT2D eigenvalue weighted by Gasteiger charge is -2.28. The fourth-order valence-corrected chi connectivity index (χ4v) is 5.13. The van der Waals surface area contributed by atoms with Gasteiger partial charge in [-0.2, -0.15) is 11.8 Å². The highest BCUT2D eigenvalue weighted by atomic mass is 32.2. The van der Waals surface area contributed by atoms with Crippen LogP contribution in [0.3, 0.4) is 0 Å². The maximum Gasteiger partial charge on any atom is 0.176 e. The molecule has 4 heteroatoms. The number of benzene rings is 1. The highest BCUT2D eigenvalue weighted by molar-refractivity contribution is 8.07. The molecule has 0 amide bonds. The third kappa shape index (κ3) is 2.91. The third-order valence-electron chi connectivity index (χ3n) is 3.15. The van der Waals surface area contributed by atoms with Crippen LogP contribution in [0.5, 0.6) is 0 Å².